The summed E-state index contributed by atoms with van der Waals surface area (Å²) in [6.07, 6.45) is 1.79. The highest BCUT2D eigenvalue weighted by atomic mass is 16.5. The number of benzene rings is 2. The molecule has 3 rings (SSSR count). The third-order valence-corrected chi connectivity index (χ3v) is 4.49. The molecule has 0 saturated carbocycles. The van der Waals surface area contributed by atoms with Gasteiger partial charge in [0, 0.05) is 31.8 Å². The summed E-state index contributed by atoms with van der Waals surface area (Å²) < 4.78 is 10.7. The lowest BCUT2D eigenvalue weighted by Crippen LogP contribution is -2.32. The van der Waals surface area contributed by atoms with E-state index < -0.39 is 0 Å². The van der Waals surface area contributed by atoms with Crippen LogP contribution in [0.15, 0.2) is 54.7 Å². The summed E-state index contributed by atoms with van der Waals surface area (Å²) in [5.41, 5.74) is 2.70. The van der Waals surface area contributed by atoms with Gasteiger partial charge in [-0.2, -0.15) is 0 Å². The first kappa shape index (κ1) is 18.5. The molecule has 2 aromatic rings. The molecular formula is C21H22N2O4. The molecule has 3 amide bonds. The normalized spacial score (nSPS) is 14.5. The van der Waals surface area contributed by atoms with Gasteiger partial charge in [-0.3, -0.25) is 14.6 Å². The highest BCUT2D eigenvalue weighted by Gasteiger charge is 2.30. The van der Waals surface area contributed by atoms with Gasteiger partial charge in [-0.25, -0.2) is 4.79 Å². The first-order valence-corrected chi connectivity index (χ1v) is 8.63. The molecule has 1 saturated heterocycles. The smallest absolute Gasteiger partial charge is 0.330 e. The molecule has 0 N–H and O–H groups in total. The second-order valence-electron chi connectivity index (χ2n) is 6.13. The first-order valence-electron chi connectivity index (χ1n) is 8.63. The molecule has 0 aliphatic carbocycles. The quantitative estimate of drug-likeness (QED) is 0.814. The van der Waals surface area contributed by atoms with E-state index in [4.69, 9.17) is 9.47 Å². The average Bonchev–Trinajstić information content (AvgIpc) is 3.06. The van der Waals surface area contributed by atoms with Crippen LogP contribution in [0.1, 0.15) is 18.1 Å². The standard InChI is InChI=1S/C21H22N2O4/c1-15(24)23-12-11-22(21(23)25)14-18(16-7-5-4-6-8-16)17-9-10-19(26-2)20(13-17)27-3/h4-10,13-14H,11-12H2,1-3H3/b18-14+. The minimum Gasteiger partial charge on any atom is -0.493 e. The predicted molar refractivity (Wildman–Crippen MR) is 103 cm³/mol. The van der Waals surface area contributed by atoms with E-state index in [2.05, 4.69) is 0 Å². The molecule has 6 nitrogen and oxygen atoms in total. The number of carbonyl (C=O) groups is 2. The largest absolute Gasteiger partial charge is 0.493 e. The highest BCUT2D eigenvalue weighted by Crippen LogP contribution is 2.33. The Labute approximate surface area is 158 Å². The second kappa shape index (κ2) is 7.95. The van der Waals surface area contributed by atoms with Gasteiger partial charge in [-0.1, -0.05) is 36.4 Å². The lowest BCUT2D eigenvalue weighted by Gasteiger charge is -2.17. The number of amides is 3. The molecular weight excluding hydrogens is 344 g/mol. The average molecular weight is 366 g/mol. The van der Waals surface area contributed by atoms with E-state index in [1.54, 1.807) is 25.3 Å². The molecule has 1 fully saturated rings. The molecule has 0 spiro atoms. The molecule has 0 unspecified atom stereocenters. The Balaban J connectivity index is 2.06. The van der Waals surface area contributed by atoms with E-state index in [1.165, 1.54) is 11.8 Å². The van der Waals surface area contributed by atoms with Crippen molar-refractivity contribution in [2.45, 2.75) is 6.92 Å². The molecule has 1 heterocycles. The van der Waals surface area contributed by atoms with Crippen LogP contribution < -0.4 is 9.47 Å². The van der Waals surface area contributed by atoms with Crippen LogP contribution in [-0.2, 0) is 4.79 Å². The van der Waals surface area contributed by atoms with Gasteiger partial charge < -0.3 is 9.47 Å². The van der Waals surface area contributed by atoms with Gasteiger partial charge in [0.1, 0.15) is 0 Å². The van der Waals surface area contributed by atoms with Crippen molar-refractivity contribution in [3.8, 4) is 11.5 Å². The van der Waals surface area contributed by atoms with Crippen molar-refractivity contribution in [1.82, 2.24) is 9.80 Å². The highest BCUT2D eigenvalue weighted by molar-refractivity contribution is 5.96. The number of carbonyl (C=O) groups excluding carboxylic acids is 2. The molecule has 0 radical (unpaired) electrons. The Morgan fingerprint density at radius 2 is 1.67 bits per heavy atom. The number of hydrogen-bond donors (Lipinski definition) is 0. The fourth-order valence-corrected chi connectivity index (χ4v) is 3.06. The van der Waals surface area contributed by atoms with Crippen molar-refractivity contribution < 1.29 is 19.1 Å². The zero-order chi connectivity index (χ0) is 19.4. The Morgan fingerprint density at radius 3 is 2.26 bits per heavy atom. The van der Waals surface area contributed by atoms with Crippen LogP contribution in [0, 0.1) is 0 Å². The number of methoxy groups -OCH3 is 2. The van der Waals surface area contributed by atoms with E-state index in [-0.39, 0.29) is 11.9 Å². The van der Waals surface area contributed by atoms with E-state index in [0.29, 0.717) is 24.6 Å². The lowest BCUT2D eigenvalue weighted by molar-refractivity contribution is -0.125. The van der Waals surface area contributed by atoms with Crippen LogP contribution >= 0.6 is 0 Å². The molecule has 0 aromatic heterocycles. The number of rotatable bonds is 5. The zero-order valence-corrected chi connectivity index (χ0v) is 15.6. The fraction of sp³-hybridized carbons (Fsp3) is 0.238. The number of ether oxygens (including phenoxy) is 2. The molecule has 2 aromatic carbocycles. The topological polar surface area (TPSA) is 59.1 Å². The fourth-order valence-electron chi connectivity index (χ4n) is 3.06. The van der Waals surface area contributed by atoms with Gasteiger partial charge >= 0.3 is 6.03 Å². The Morgan fingerprint density at radius 1 is 0.963 bits per heavy atom. The van der Waals surface area contributed by atoms with Crippen molar-refractivity contribution in [3.63, 3.8) is 0 Å². The summed E-state index contributed by atoms with van der Waals surface area (Å²) in [4.78, 5) is 26.9. The van der Waals surface area contributed by atoms with Gasteiger partial charge in [-0.05, 0) is 23.3 Å². The van der Waals surface area contributed by atoms with Crippen molar-refractivity contribution in [2.75, 3.05) is 27.3 Å². The minimum atomic E-state index is -0.309. The third-order valence-electron chi connectivity index (χ3n) is 4.49. The zero-order valence-electron chi connectivity index (χ0n) is 15.6. The summed E-state index contributed by atoms with van der Waals surface area (Å²) in [6.45, 7) is 2.25. The number of hydrogen-bond acceptors (Lipinski definition) is 4. The van der Waals surface area contributed by atoms with Crippen LogP contribution in [0.4, 0.5) is 4.79 Å². The molecule has 27 heavy (non-hydrogen) atoms. The second-order valence-corrected chi connectivity index (χ2v) is 6.13. The van der Waals surface area contributed by atoms with Crippen LogP contribution in [-0.4, -0.2) is 49.0 Å². The Kier molecular flexibility index (Phi) is 5.45. The number of urea groups is 1. The van der Waals surface area contributed by atoms with Gasteiger partial charge in [0.05, 0.1) is 14.2 Å². The summed E-state index contributed by atoms with van der Waals surface area (Å²) in [5, 5.41) is 0. The van der Waals surface area contributed by atoms with E-state index in [1.807, 2.05) is 48.5 Å². The molecule has 140 valence electrons. The molecule has 0 bridgehead atoms. The monoisotopic (exact) mass is 366 g/mol. The van der Waals surface area contributed by atoms with Gasteiger partial charge in [-0.15, -0.1) is 0 Å². The SMILES string of the molecule is COc1ccc(/C(=C/N2CCN(C(C)=O)C2=O)c2ccccc2)cc1OC. The minimum absolute atomic E-state index is 0.247. The maximum Gasteiger partial charge on any atom is 0.330 e. The molecule has 6 heteroatoms. The van der Waals surface area contributed by atoms with E-state index in [0.717, 1.165) is 16.7 Å². The van der Waals surface area contributed by atoms with Crippen LogP contribution in [0.3, 0.4) is 0 Å². The van der Waals surface area contributed by atoms with Gasteiger partial charge in [0.25, 0.3) is 0 Å². The lowest BCUT2D eigenvalue weighted by atomic mass is 9.98. The van der Waals surface area contributed by atoms with Crippen molar-refractivity contribution in [2.24, 2.45) is 0 Å². The number of nitrogens with zero attached hydrogens (tertiary/aromatic N) is 2. The molecule has 1 aliphatic heterocycles. The third kappa shape index (κ3) is 3.79. The molecule has 0 atom stereocenters. The summed E-state index contributed by atoms with van der Waals surface area (Å²) in [5.74, 6) is 0.992. The predicted octanol–water partition coefficient (Wildman–Crippen LogP) is 3.38. The van der Waals surface area contributed by atoms with Crippen molar-refractivity contribution in [3.05, 3.63) is 65.9 Å². The van der Waals surface area contributed by atoms with Crippen LogP contribution in [0.25, 0.3) is 5.57 Å². The maximum absolute atomic E-state index is 12.5. The van der Waals surface area contributed by atoms with E-state index in [9.17, 15) is 9.59 Å². The number of imide groups is 1. The van der Waals surface area contributed by atoms with Crippen molar-refractivity contribution in [1.29, 1.82) is 0 Å². The first-order chi connectivity index (χ1) is 13.0. The summed E-state index contributed by atoms with van der Waals surface area (Å²) >= 11 is 0. The Hall–Kier alpha value is -3.28. The van der Waals surface area contributed by atoms with Crippen LogP contribution in [0.2, 0.25) is 0 Å². The van der Waals surface area contributed by atoms with Gasteiger partial charge in [0.15, 0.2) is 11.5 Å². The van der Waals surface area contributed by atoms with E-state index >= 15 is 0 Å². The summed E-state index contributed by atoms with van der Waals surface area (Å²) in [7, 11) is 3.17. The van der Waals surface area contributed by atoms with Crippen molar-refractivity contribution >= 4 is 17.5 Å². The van der Waals surface area contributed by atoms with Gasteiger partial charge in [0.2, 0.25) is 5.91 Å². The molecule has 1 aliphatic rings. The maximum atomic E-state index is 12.5. The van der Waals surface area contributed by atoms with Crippen LogP contribution in [0.5, 0.6) is 11.5 Å². The summed E-state index contributed by atoms with van der Waals surface area (Å²) in [6, 6.07) is 15.1. The Bertz CT molecular complexity index is 877.